The number of hydrogen-bond donors (Lipinski definition) is 0. The summed E-state index contributed by atoms with van der Waals surface area (Å²) >= 11 is 0. The van der Waals surface area contributed by atoms with Crippen LogP contribution in [-0.4, -0.2) is 17.9 Å². The molecular formula is C19H36O3. The van der Waals surface area contributed by atoms with Crippen molar-refractivity contribution < 1.29 is 14.3 Å². The number of rotatable bonds is 12. The molecule has 0 atom stereocenters. The van der Waals surface area contributed by atoms with Gasteiger partial charge in [0.2, 0.25) is 0 Å². The molecule has 0 amide bonds. The summed E-state index contributed by atoms with van der Waals surface area (Å²) < 4.78 is 5.64. The SMILES string of the molecule is CC(C)CCC(CCC(C)C)OC(=O)CCCC(=O)C(C)C. The molecule has 0 unspecified atom stereocenters. The van der Waals surface area contributed by atoms with Gasteiger partial charge < -0.3 is 4.74 Å². The van der Waals surface area contributed by atoms with E-state index in [-0.39, 0.29) is 23.8 Å². The average molecular weight is 312 g/mol. The second kappa shape index (κ2) is 11.7. The first kappa shape index (κ1) is 21.1. The van der Waals surface area contributed by atoms with E-state index in [1.165, 1.54) is 0 Å². The van der Waals surface area contributed by atoms with Crippen molar-refractivity contribution in [2.24, 2.45) is 17.8 Å². The Morgan fingerprint density at radius 2 is 1.27 bits per heavy atom. The zero-order valence-electron chi connectivity index (χ0n) is 15.5. The third kappa shape index (κ3) is 11.8. The first-order valence-electron chi connectivity index (χ1n) is 8.94. The van der Waals surface area contributed by atoms with Crippen LogP contribution in [0.1, 0.15) is 86.5 Å². The van der Waals surface area contributed by atoms with E-state index in [0.717, 1.165) is 25.7 Å². The maximum Gasteiger partial charge on any atom is 0.306 e. The minimum absolute atomic E-state index is 0.0399. The van der Waals surface area contributed by atoms with Gasteiger partial charge in [-0.1, -0.05) is 41.5 Å². The van der Waals surface area contributed by atoms with Crippen LogP contribution in [0, 0.1) is 17.8 Å². The largest absolute Gasteiger partial charge is 0.462 e. The van der Waals surface area contributed by atoms with Gasteiger partial charge >= 0.3 is 5.97 Å². The van der Waals surface area contributed by atoms with Gasteiger partial charge in [-0.25, -0.2) is 0 Å². The van der Waals surface area contributed by atoms with Gasteiger partial charge in [0.1, 0.15) is 11.9 Å². The van der Waals surface area contributed by atoms with Crippen LogP contribution in [0.3, 0.4) is 0 Å². The fraction of sp³-hybridized carbons (Fsp3) is 0.895. The zero-order chi connectivity index (χ0) is 17.1. The van der Waals surface area contributed by atoms with Gasteiger partial charge in [0.05, 0.1) is 0 Å². The zero-order valence-corrected chi connectivity index (χ0v) is 15.5. The first-order valence-corrected chi connectivity index (χ1v) is 8.94. The van der Waals surface area contributed by atoms with Crippen molar-refractivity contribution in [1.82, 2.24) is 0 Å². The highest BCUT2D eigenvalue weighted by molar-refractivity contribution is 5.80. The summed E-state index contributed by atoms with van der Waals surface area (Å²) in [5.74, 6) is 1.40. The number of hydrogen-bond acceptors (Lipinski definition) is 3. The quantitative estimate of drug-likeness (QED) is 0.467. The van der Waals surface area contributed by atoms with Gasteiger partial charge in [-0.15, -0.1) is 0 Å². The molecule has 0 heterocycles. The van der Waals surface area contributed by atoms with E-state index in [4.69, 9.17) is 4.74 Å². The van der Waals surface area contributed by atoms with Crippen LogP contribution in [-0.2, 0) is 14.3 Å². The van der Waals surface area contributed by atoms with Crippen LogP contribution in [0.4, 0.5) is 0 Å². The maximum absolute atomic E-state index is 12.0. The minimum atomic E-state index is -0.144. The van der Waals surface area contributed by atoms with E-state index in [1.54, 1.807) is 0 Å². The van der Waals surface area contributed by atoms with Crippen molar-refractivity contribution in [2.75, 3.05) is 0 Å². The molecule has 0 aromatic heterocycles. The second-order valence-corrected chi connectivity index (χ2v) is 7.53. The van der Waals surface area contributed by atoms with Crippen molar-refractivity contribution in [2.45, 2.75) is 92.6 Å². The standard InChI is InChI=1S/C19H36O3/c1-14(2)10-12-17(13-11-15(3)4)22-19(21)9-7-8-18(20)16(5)6/h14-17H,7-13H2,1-6H3. The van der Waals surface area contributed by atoms with Crippen LogP contribution in [0.25, 0.3) is 0 Å². The molecule has 3 nitrogen and oxygen atoms in total. The Labute approximate surface area is 137 Å². The molecule has 3 heteroatoms. The molecule has 0 saturated heterocycles. The van der Waals surface area contributed by atoms with E-state index in [2.05, 4.69) is 27.7 Å². The van der Waals surface area contributed by atoms with Gasteiger partial charge in [0.25, 0.3) is 0 Å². The minimum Gasteiger partial charge on any atom is -0.462 e. The van der Waals surface area contributed by atoms with E-state index in [0.29, 0.717) is 31.1 Å². The molecule has 0 aromatic rings. The molecular weight excluding hydrogens is 276 g/mol. The fourth-order valence-corrected chi connectivity index (χ4v) is 2.24. The van der Waals surface area contributed by atoms with E-state index >= 15 is 0 Å². The summed E-state index contributed by atoms with van der Waals surface area (Å²) in [5.41, 5.74) is 0. The summed E-state index contributed by atoms with van der Waals surface area (Å²) in [5, 5.41) is 0. The monoisotopic (exact) mass is 312 g/mol. The summed E-state index contributed by atoms with van der Waals surface area (Å²) in [4.78, 5) is 23.5. The van der Waals surface area contributed by atoms with Crippen LogP contribution in [0.15, 0.2) is 0 Å². The van der Waals surface area contributed by atoms with Crippen LogP contribution in [0.2, 0.25) is 0 Å². The number of ether oxygens (including phenoxy) is 1. The van der Waals surface area contributed by atoms with Crippen molar-refractivity contribution >= 4 is 11.8 Å². The Morgan fingerprint density at radius 3 is 1.68 bits per heavy atom. The Morgan fingerprint density at radius 1 is 0.773 bits per heavy atom. The Bertz CT molecular complexity index is 307. The number of carbonyl (C=O) groups excluding carboxylic acids is 2. The lowest BCUT2D eigenvalue weighted by Crippen LogP contribution is -2.20. The lowest BCUT2D eigenvalue weighted by molar-refractivity contribution is -0.150. The van der Waals surface area contributed by atoms with Gasteiger partial charge in [-0.2, -0.15) is 0 Å². The molecule has 0 aromatic carbocycles. The van der Waals surface area contributed by atoms with Crippen LogP contribution in [0.5, 0.6) is 0 Å². The summed E-state index contributed by atoms with van der Waals surface area (Å²) in [6.45, 7) is 12.6. The number of Topliss-reactive ketones (excluding diaryl/α,β-unsaturated/α-hetero) is 1. The second-order valence-electron chi connectivity index (χ2n) is 7.53. The number of ketones is 1. The smallest absolute Gasteiger partial charge is 0.306 e. The van der Waals surface area contributed by atoms with Gasteiger partial charge in [0, 0.05) is 18.8 Å². The summed E-state index contributed by atoms with van der Waals surface area (Å²) in [6, 6.07) is 0. The van der Waals surface area contributed by atoms with Crippen molar-refractivity contribution in [3.63, 3.8) is 0 Å². The van der Waals surface area contributed by atoms with Crippen molar-refractivity contribution in [1.29, 1.82) is 0 Å². The van der Waals surface area contributed by atoms with E-state index < -0.39 is 0 Å². The fourth-order valence-electron chi connectivity index (χ4n) is 2.24. The highest BCUT2D eigenvalue weighted by Crippen LogP contribution is 2.18. The topological polar surface area (TPSA) is 43.4 Å². The van der Waals surface area contributed by atoms with Crippen LogP contribution >= 0.6 is 0 Å². The molecule has 0 spiro atoms. The van der Waals surface area contributed by atoms with Gasteiger partial charge in [-0.05, 0) is 43.9 Å². The normalized spacial score (nSPS) is 11.7. The Kier molecular flexibility index (Phi) is 11.2. The molecule has 0 bridgehead atoms. The maximum atomic E-state index is 12.0. The molecule has 0 saturated carbocycles. The van der Waals surface area contributed by atoms with Crippen LogP contribution < -0.4 is 0 Å². The molecule has 22 heavy (non-hydrogen) atoms. The molecule has 0 N–H and O–H groups in total. The Hall–Kier alpha value is -0.860. The van der Waals surface area contributed by atoms with Crippen molar-refractivity contribution in [3.8, 4) is 0 Å². The predicted octanol–water partition coefficient (Wildman–Crippen LogP) is 5.17. The third-order valence-corrected chi connectivity index (χ3v) is 3.88. The first-order chi connectivity index (χ1) is 10.2. The summed E-state index contributed by atoms with van der Waals surface area (Å²) in [7, 11) is 0. The molecule has 0 rings (SSSR count). The molecule has 130 valence electrons. The molecule has 0 fully saturated rings. The Balaban J connectivity index is 4.15. The third-order valence-electron chi connectivity index (χ3n) is 3.88. The van der Waals surface area contributed by atoms with Gasteiger partial charge in [-0.3, -0.25) is 9.59 Å². The van der Waals surface area contributed by atoms with E-state index in [1.807, 2.05) is 13.8 Å². The molecule has 0 aliphatic rings. The predicted molar refractivity (Wildman–Crippen MR) is 91.7 cm³/mol. The van der Waals surface area contributed by atoms with E-state index in [9.17, 15) is 9.59 Å². The van der Waals surface area contributed by atoms with Crippen molar-refractivity contribution in [3.05, 3.63) is 0 Å². The number of esters is 1. The highest BCUT2D eigenvalue weighted by Gasteiger charge is 2.16. The van der Waals surface area contributed by atoms with Gasteiger partial charge in [0.15, 0.2) is 0 Å². The molecule has 0 aliphatic carbocycles. The average Bonchev–Trinajstić information content (AvgIpc) is 2.41. The lowest BCUT2D eigenvalue weighted by atomic mass is 9.98. The molecule has 0 aliphatic heterocycles. The number of carbonyl (C=O) groups is 2. The highest BCUT2D eigenvalue weighted by atomic mass is 16.5. The lowest BCUT2D eigenvalue weighted by Gasteiger charge is -2.20. The molecule has 0 radical (unpaired) electrons. The summed E-state index contributed by atoms with van der Waals surface area (Å²) in [6.07, 6.45) is 5.55.